The van der Waals surface area contributed by atoms with Crippen molar-refractivity contribution in [1.82, 2.24) is 0 Å². The highest BCUT2D eigenvalue weighted by atomic mass is 31.2. The van der Waals surface area contributed by atoms with E-state index in [1.54, 1.807) is 0 Å². The summed E-state index contributed by atoms with van der Waals surface area (Å²) >= 11 is 0. The molecule has 0 heterocycles. The van der Waals surface area contributed by atoms with Crippen LogP contribution in [-0.2, 0) is 65.4 Å². The Morgan fingerprint density at radius 3 is 0.654 bits per heavy atom. The number of carbonyl (C=O) groups excluding carboxylic acids is 4. The van der Waals surface area contributed by atoms with Gasteiger partial charge >= 0.3 is 39.5 Å². The number of unbranched alkanes of at least 4 members (excludes halogenated alkanes) is 57. The molecule has 3 N–H and O–H groups in total. The van der Waals surface area contributed by atoms with Crippen LogP contribution in [0.4, 0.5) is 0 Å². The van der Waals surface area contributed by atoms with Gasteiger partial charge in [-0.25, -0.2) is 9.13 Å². The normalized spacial score (nSPS) is 13.8. The van der Waals surface area contributed by atoms with Gasteiger partial charge in [0.1, 0.15) is 19.3 Å². The second kappa shape index (κ2) is 77.8. The van der Waals surface area contributed by atoms with Crippen LogP contribution in [0.2, 0.25) is 0 Å². The zero-order valence-corrected chi connectivity index (χ0v) is 70.0. The maximum atomic E-state index is 13.1. The summed E-state index contributed by atoms with van der Waals surface area (Å²) in [6.45, 7) is 7.30. The molecule has 0 fully saturated rings. The molecule has 19 heteroatoms. The van der Waals surface area contributed by atoms with Crippen molar-refractivity contribution in [2.24, 2.45) is 5.92 Å². The Labute approximate surface area is 638 Å². The van der Waals surface area contributed by atoms with Gasteiger partial charge in [0.05, 0.1) is 26.4 Å². The van der Waals surface area contributed by atoms with Gasteiger partial charge in [0.2, 0.25) is 0 Å². The van der Waals surface area contributed by atoms with Gasteiger partial charge in [0, 0.05) is 25.7 Å². The van der Waals surface area contributed by atoms with E-state index in [4.69, 9.17) is 37.0 Å². The quantitative estimate of drug-likeness (QED) is 0.0222. The fourth-order valence-corrected chi connectivity index (χ4v) is 14.9. The Morgan fingerprint density at radius 1 is 0.260 bits per heavy atom. The van der Waals surface area contributed by atoms with Crippen LogP contribution in [0, 0.1) is 5.92 Å². The topological polar surface area (TPSA) is 237 Å². The summed E-state index contributed by atoms with van der Waals surface area (Å²) in [7, 11) is -9.91. The minimum atomic E-state index is -4.96. The van der Waals surface area contributed by atoms with Crippen molar-refractivity contribution in [3.8, 4) is 0 Å². The fraction of sp³-hybridized carbons (Fsp3) is 0.953. The van der Waals surface area contributed by atoms with E-state index in [0.717, 1.165) is 102 Å². The second-order valence-electron chi connectivity index (χ2n) is 31.1. The molecule has 0 radical (unpaired) electrons. The molecule has 17 nitrogen and oxygen atoms in total. The van der Waals surface area contributed by atoms with Crippen molar-refractivity contribution < 1.29 is 80.2 Å². The lowest BCUT2D eigenvalue weighted by molar-refractivity contribution is -0.161. The zero-order valence-electron chi connectivity index (χ0n) is 68.2. The summed E-state index contributed by atoms with van der Waals surface area (Å²) in [5.74, 6) is -1.30. The van der Waals surface area contributed by atoms with Crippen molar-refractivity contribution in [3.63, 3.8) is 0 Å². The monoisotopic (exact) mass is 1520 g/mol. The number of ether oxygens (including phenoxy) is 4. The van der Waals surface area contributed by atoms with Crippen molar-refractivity contribution in [3.05, 3.63) is 0 Å². The number of hydrogen-bond donors (Lipinski definition) is 3. The van der Waals surface area contributed by atoms with E-state index >= 15 is 0 Å². The molecule has 0 aliphatic rings. The first-order valence-corrected chi connectivity index (χ1v) is 47.1. The largest absolute Gasteiger partial charge is 0.472 e. The highest BCUT2D eigenvalue weighted by Crippen LogP contribution is 2.45. The fourth-order valence-electron chi connectivity index (χ4n) is 13.3. The molecule has 104 heavy (non-hydrogen) atoms. The minimum Gasteiger partial charge on any atom is -0.462 e. The first-order valence-electron chi connectivity index (χ1n) is 44.1. The molecule has 0 aromatic heterocycles. The van der Waals surface area contributed by atoms with Gasteiger partial charge in [-0.05, 0) is 31.6 Å². The maximum absolute atomic E-state index is 13.1. The molecule has 5 atom stereocenters. The lowest BCUT2D eigenvalue weighted by atomic mass is 10.0. The predicted octanol–water partition coefficient (Wildman–Crippen LogP) is 26.0. The number of hydrogen-bond acceptors (Lipinski definition) is 15. The van der Waals surface area contributed by atoms with Crippen LogP contribution in [0.5, 0.6) is 0 Å². The molecule has 0 aliphatic heterocycles. The molecule has 0 rings (SSSR count). The first kappa shape index (κ1) is 102. The van der Waals surface area contributed by atoms with Gasteiger partial charge in [-0.1, -0.05) is 407 Å². The summed E-state index contributed by atoms with van der Waals surface area (Å²) in [6, 6.07) is 0. The summed E-state index contributed by atoms with van der Waals surface area (Å²) < 4.78 is 68.6. The minimum absolute atomic E-state index is 0.108. The van der Waals surface area contributed by atoms with Gasteiger partial charge in [0.25, 0.3) is 0 Å². The lowest BCUT2D eigenvalue weighted by Crippen LogP contribution is -2.30. The van der Waals surface area contributed by atoms with E-state index in [1.165, 1.54) is 276 Å². The third-order valence-corrected chi connectivity index (χ3v) is 21.9. The first-order chi connectivity index (χ1) is 50.5. The summed E-state index contributed by atoms with van der Waals surface area (Å²) in [4.78, 5) is 72.9. The maximum Gasteiger partial charge on any atom is 0.472 e. The third-order valence-electron chi connectivity index (χ3n) is 20.0. The molecule has 0 amide bonds. The SMILES string of the molecule is CCCCCCCCCCCCCCCCCCCCCCCC(=O)O[C@H](COC(=O)CCCCCCCCCCCCCCCCCCC(C)C)COP(=O)(O)OC[C@@H](O)COP(=O)(O)OC[C@@H](COC(=O)CCCCCCC)OC(=O)CCCCCCCCCCCCCCCCCCCCC. The molecule has 0 saturated carbocycles. The van der Waals surface area contributed by atoms with Crippen LogP contribution in [0.1, 0.15) is 458 Å². The molecule has 0 aliphatic carbocycles. The summed E-state index contributed by atoms with van der Waals surface area (Å²) in [5, 5.41) is 10.6. The average Bonchev–Trinajstić information content (AvgIpc) is 0.912. The molecular weight excluding hydrogens is 1350 g/mol. The number of phosphoric acid groups is 2. The Hall–Kier alpha value is -1.94. The number of aliphatic hydroxyl groups excluding tert-OH is 1. The average molecular weight is 1520 g/mol. The highest BCUT2D eigenvalue weighted by Gasteiger charge is 2.30. The standard InChI is InChI=1S/C85H166O17P2/c1-6-9-12-15-17-19-21-23-25-27-29-30-32-34-40-44-48-52-56-61-66-71-85(90)102-81(75-96-83(88)69-64-59-54-50-46-42-38-36-35-37-41-45-49-53-58-62-67-78(4)5)77-100-104(93,94)98-73-79(86)72-97-103(91,92)99-76-80(74-95-82(87)68-63-57-14-11-8-3)101-84(89)70-65-60-55-51-47-43-39-33-31-28-26-24-22-20-18-16-13-10-7-2/h78-81,86H,6-77H2,1-5H3,(H,91,92)(H,93,94)/t79-,80+,81+/m0/s1. The number of esters is 4. The molecular formula is C85H166O17P2. The van der Waals surface area contributed by atoms with E-state index in [9.17, 15) is 43.2 Å². The van der Waals surface area contributed by atoms with Crippen LogP contribution in [-0.4, -0.2) is 96.7 Å². The molecule has 618 valence electrons. The van der Waals surface area contributed by atoms with Crippen LogP contribution in [0.25, 0.3) is 0 Å². The Kier molecular flexibility index (Phi) is 76.3. The predicted molar refractivity (Wildman–Crippen MR) is 428 cm³/mol. The van der Waals surface area contributed by atoms with Crippen LogP contribution in [0.3, 0.4) is 0 Å². The lowest BCUT2D eigenvalue weighted by Gasteiger charge is -2.21. The highest BCUT2D eigenvalue weighted by molar-refractivity contribution is 7.47. The summed E-state index contributed by atoms with van der Waals surface area (Å²) in [5.41, 5.74) is 0. The van der Waals surface area contributed by atoms with Crippen molar-refractivity contribution >= 4 is 39.5 Å². The Morgan fingerprint density at radius 2 is 0.442 bits per heavy atom. The van der Waals surface area contributed by atoms with Gasteiger partial charge in [-0.2, -0.15) is 0 Å². The number of aliphatic hydroxyl groups is 1. The van der Waals surface area contributed by atoms with Gasteiger partial charge < -0.3 is 33.8 Å². The number of rotatable bonds is 85. The van der Waals surface area contributed by atoms with E-state index in [0.29, 0.717) is 25.7 Å². The van der Waals surface area contributed by atoms with E-state index in [1.807, 2.05) is 0 Å². The van der Waals surface area contributed by atoms with Crippen molar-refractivity contribution in [2.75, 3.05) is 39.6 Å². The van der Waals surface area contributed by atoms with E-state index in [-0.39, 0.29) is 25.7 Å². The van der Waals surface area contributed by atoms with Crippen LogP contribution in [0.15, 0.2) is 0 Å². The van der Waals surface area contributed by atoms with Crippen LogP contribution < -0.4 is 0 Å². The molecule has 2 unspecified atom stereocenters. The van der Waals surface area contributed by atoms with E-state index < -0.39 is 97.5 Å². The number of carbonyl (C=O) groups is 4. The van der Waals surface area contributed by atoms with E-state index in [2.05, 4.69) is 34.6 Å². The van der Waals surface area contributed by atoms with Gasteiger partial charge in [-0.3, -0.25) is 37.3 Å². The van der Waals surface area contributed by atoms with Crippen molar-refractivity contribution in [1.29, 1.82) is 0 Å². The van der Waals surface area contributed by atoms with Crippen molar-refractivity contribution in [2.45, 2.75) is 477 Å². The van der Waals surface area contributed by atoms with Gasteiger partial charge in [-0.15, -0.1) is 0 Å². The smallest absolute Gasteiger partial charge is 0.462 e. The zero-order chi connectivity index (χ0) is 76.2. The number of phosphoric ester groups is 2. The molecule has 0 aromatic rings. The Balaban J connectivity index is 5.09. The second-order valence-corrected chi connectivity index (χ2v) is 34.0. The Bertz CT molecular complexity index is 1980. The molecule has 0 bridgehead atoms. The van der Waals surface area contributed by atoms with Crippen LogP contribution >= 0.6 is 15.6 Å². The third kappa shape index (κ3) is 78.2. The van der Waals surface area contributed by atoms with Gasteiger partial charge in [0.15, 0.2) is 12.2 Å². The summed E-state index contributed by atoms with van der Waals surface area (Å²) in [6.07, 6.45) is 71.4. The molecule has 0 saturated heterocycles. The molecule has 0 spiro atoms. The molecule has 0 aromatic carbocycles.